The van der Waals surface area contributed by atoms with Crippen molar-refractivity contribution in [2.45, 2.75) is 37.9 Å². The zero-order chi connectivity index (χ0) is 17.6. The standard InChI is InChI=1S/C13H17NO7.CH4O/c1-7-4-8(14(18)19)2-3-10(7)20-12-5-9(16)13(17)11(6-15)21-12;1-2/h2-4,9,11-13,15-17H,5-6H2,1H3;2H,1H3/t9-,11?,12-,13+;/m1./s1. The molecule has 1 heterocycles. The summed E-state index contributed by atoms with van der Waals surface area (Å²) in [5.41, 5.74) is 0.502. The molecule has 0 amide bonds. The predicted molar refractivity (Wildman–Crippen MR) is 79.0 cm³/mol. The maximum atomic E-state index is 10.7. The first-order valence-corrected chi connectivity index (χ1v) is 6.91. The first-order valence-electron chi connectivity index (χ1n) is 6.91. The van der Waals surface area contributed by atoms with E-state index in [9.17, 15) is 20.3 Å². The van der Waals surface area contributed by atoms with Crippen LogP contribution in [0.3, 0.4) is 0 Å². The van der Waals surface area contributed by atoms with E-state index in [2.05, 4.69) is 0 Å². The highest BCUT2D eigenvalue weighted by molar-refractivity contribution is 5.43. The molecule has 1 saturated heterocycles. The van der Waals surface area contributed by atoms with Gasteiger partial charge in [-0.3, -0.25) is 10.1 Å². The summed E-state index contributed by atoms with van der Waals surface area (Å²) in [7, 11) is 1.00. The predicted octanol–water partition coefficient (Wildman–Crippen LogP) is -0.280. The molecule has 4 atom stereocenters. The molecule has 1 aliphatic heterocycles. The smallest absolute Gasteiger partial charge is 0.269 e. The molecule has 1 aromatic carbocycles. The molecule has 1 aromatic rings. The van der Waals surface area contributed by atoms with Crippen molar-refractivity contribution >= 4 is 5.69 Å². The van der Waals surface area contributed by atoms with Crippen LogP contribution in [0, 0.1) is 17.0 Å². The Kier molecular flexibility index (Phi) is 7.33. The quantitative estimate of drug-likeness (QED) is 0.436. The van der Waals surface area contributed by atoms with Crippen molar-refractivity contribution < 1.29 is 34.8 Å². The molecule has 1 fully saturated rings. The van der Waals surface area contributed by atoms with E-state index in [0.29, 0.717) is 11.3 Å². The first kappa shape index (κ1) is 19.3. The maximum Gasteiger partial charge on any atom is 0.269 e. The maximum absolute atomic E-state index is 10.7. The summed E-state index contributed by atoms with van der Waals surface area (Å²) >= 11 is 0. The zero-order valence-electron chi connectivity index (χ0n) is 12.8. The number of aliphatic hydroxyl groups excluding tert-OH is 4. The van der Waals surface area contributed by atoms with Gasteiger partial charge in [0.2, 0.25) is 6.29 Å². The Balaban J connectivity index is 0.00000127. The van der Waals surface area contributed by atoms with Crippen LogP contribution in [0.5, 0.6) is 5.75 Å². The summed E-state index contributed by atoms with van der Waals surface area (Å²) in [4.78, 5) is 10.2. The molecule has 4 N–H and O–H groups in total. The highest BCUT2D eigenvalue weighted by atomic mass is 16.7. The van der Waals surface area contributed by atoms with Gasteiger partial charge in [-0.05, 0) is 18.6 Å². The van der Waals surface area contributed by atoms with Gasteiger partial charge < -0.3 is 29.9 Å². The molecule has 1 aliphatic rings. The Morgan fingerprint density at radius 1 is 1.39 bits per heavy atom. The van der Waals surface area contributed by atoms with Crippen LogP contribution in [-0.2, 0) is 4.74 Å². The van der Waals surface area contributed by atoms with Gasteiger partial charge in [-0.15, -0.1) is 0 Å². The molecule has 9 nitrogen and oxygen atoms in total. The highest BCUT2D eigenvalue weighted by Crippen LogP contribution is 2.28. The number of nitro benzene ring substituents is 1. The van der Waals surface area contributed by atoms with Crippen LogP contribution in [0.4, 0.5) is 5.69 Å². The molecular formula is C14H21NO8. The van der Waals surface area contributed by atoms with E-state index in [1.165, 1.54) is 18.2 Å². The average molecular weight is 331 g/mol. The number of nitrogens with zero attached hydrogens (tertiary/aromatic N) is 1. The molecule has 0 aromatic heterocycles. The number of benzene rings is 1. The minimum Gasteiger partial charge on any atom is -0.465 e. The molecule has 0 spiro atoms. The van der Waals surface area contributed by atoms with Crippen LogP contribution >= 0.6 is 0 Å². The third kappa shape index (κ3) is 4.85. The fourth-order valence-electron chi connectivity index (χ4n) is 2.16. The fraction of sp³-hybridized carbons (Fsp3) is 0.571. The van der Waals surface area contributed by atoms with E-state index in [4.69, 9.17) is 19.7 Å². The Morgan fingerprint density at radius 2 is 2.04 bits per heavy atom. The SMILES string of the molecule is CO.Cc1cc([N+](=O)[O-])ccc1O[C@H]1C[C@@H](O)[C@H](O)C(CO)O1. The summed E-state index contributed by atoms with van der Waals surface area (Å²) in [6.07, 6.45) is -3.99. The molecule has 0 bridgehead atoms. The van der Waals surface area contributed by atoms with Gasteiger partial charge in [-0.2, -0.15) is 0 Å². The van der Waals surface area contributed by atoms with Gasteiger partial charge in [-0.25, -0.2) is 0 Å². The second kappa shape index (κ2) is 8.75. The number of rotatable bonds is 4. The van der Waals surface area contributed by atoms with Crippen molar-refractivity contribution in [1.29, 1.82) is 0 Å². The van der Waals surface area contributed by atoms with E-state index in [1.54, 1.807) is 6.92 Å². The van der Waals surface area contributed by atoms with E-state index < -0.39 is 36.1 Å². The molecule has 0 saturated carbocycles. The van der Waals surface area contributed by atoms with Crippen LogP contribution in [-0.4, -0.2) is 63.7 Å². The summed E-state index contributed by atoms with van der Waals surface area (Å²) < 4.78 is 10.9. The average Bonchev–Trinajstić information content (AvgIpc) is 2.54. The Labute approximate surface area is 132 Å². The van der Waals surface area contributed by atoms with E-state index >= 15 is 0 Å². The third-order valence-electron chi connectivity index (χ3n) is 3.34. The van der Waals surface area contributed by atoms with Crippen LogP contribution in [0.15, 0.2) is 18.2 Å². The van der Waals surface area contributed by atoms with Crippen molar-refractivity contribution in [2.75, 3.05) is 13.7 Å². The van der Waals surface area contributed by atoms with Crippen LogP contribution < -0.4 is 4.74 Å². The van der Waals surface area contributed by atoms with Crippen LogP contribution in [0.1, 0.15) is 12.0 Å². The van der Waals surface area contributed by atoms with Crippen molar-refractivity contribution in [3.05, 3.63) is 33.9 Å². The molecule has 0 radical (unpaired) electrons. The monoisotopic (exact) mass is 331 g/mol. The lowest BCUT2D eigenvalue weighted by Gasteiger charge is -2.36. The van der Waals surface area contributed by atoms with Crippen molar-refractivity contribution in [1.82, 2.24) is 0 Å². The van der Waals surface area contributed by atoms with Gasteiger partial charge in [0.1, 0.15) is 18.0 Å². The molecular weight excluding hydrogens is 310 g/mol. The summed E-state index contributed by atoms with van der Waals surface area (Å²) in [5.74, 6) is 0.380. The Morgan fingerprint density at radius 3 is 2.57 bits per heavy atom. The number of nitro groups is 1. The lowest BCUT2D eigenvalue weighted by Crippen LogP contribution is -2.51. The Bertz CT molecular complexity index is 523. The second-order valence-corrected chi connectivity index (χ2v) is 4.91. The van der Waals surface area contributed by atoms with E-state index in [1.807, 2.05) is 0 Å². The zero-order valence-corrected chi connectivity index (χ0v) is 12.8. The topological polar surface area (TPSA) is 143 Å². The first-order chi connectivity index (χ1) is 10.9. The second-order valence-electron chi connectivity index (χ2n) is 4.91. The molecule has 130 valence electrons. The van der Waals surface area contributed by atoms with Gasteiger partial charge in [0, 0.05) is 25.7 Å². The number of non-ortho nitro benzene ring substituents is 1. The fourth-order valence-corrected chi connectivity index (χ4v) is 2.16. The van der Waals surface area contributed by atoms with Crippen LogP contribution in [0.2, 0.25) is 0 Å². The Hall–Kier alpha value is -1.78. The summed E-state index contributed by atoms with van der Waals surface area (Å²) in [5, 5.41) is 46.1. The molecule has 9 heteroatoms. The number of hydrogen-bond donors (Lipinski definition) is 4. The van der Waals surface area contributed by atoms with Gasteiger partial charge >= 0.3 is 0 Å². The number of ether oxygens (including phenoxy) is 2. The number of aryl methyl sites for hydroxylation is 1. The molecule has 2 rings (SSSR count). The van der Waals surface area contributed by atoms with Gasteiger partial charge in [-0.1, -0.05) is 0 Å². The lowest BCUT2D eigenvalue weighted by atomic mass is 10.0. The highest BCUT2D eigenvalue weighted by Gasteiger charge is 2.37. The van der Waals surface area contributed by atoms with E-state index in [-0.39, 0.29) is 12.1 Å². The minimum absolute atomic E-state index is 0.0358. The molecule has 0 aliphatic carbocycles. The normalized spacial score (nSPS) is 26.9. The number of aliphatic hydroxyl groups is 4. The van der Waals surface area contributed by atoms with Crippen molar-refractivity contribution in [3.8, 4) is 5.75 Å². The van der Waals surface area contributed by atoms with Gasteiger partial charge in [0.25, 0.3) is 5.69 Å². The number of hydrogen-bond acceptors (Lipinski definition) is 8. The summed E-state index contributed by atoms with van der Waals surface area (Å²) in [6, 6.07) is 4.12. The van der Waals surface area contributed by atoms with Crippen LogP contribution in [0.25, 0.3) is 0 Å². The lowest BCUT2D eigenvalue weighted by molar-refractivity contribution is -0.384. The van der Waals surface area contributed by atoms with Gasteiger partial charge in [0.15, 0.2) is 0 Å². The molecule has 23 heavy (non-hydrogen) atoms. The molecule has 1 unspecified atom stereocenters. The van der Waals surface area contributed by atoms with E-state index in [0.717, 1.165) is 7.11 Å². The summed E-state index contributed by atoms with van der Waals surface area (Å²) in [6.45, 7) is 1.21. The van der Waals surface area contributed by atoms with Crippen molar-refractivity contribution in [3.63, 3.8) is 0 Å². The third-order valence-corrected chi connectivity index (χ3v) is 3.34. The van der Waals surface area contributed by atoms with Crippen molar-refractivity contribution in [2.24, 2.45) is 0 Å². The van der Waals surface area contributed by atoms with Gasteiger partial charge in [0.05, 0.1) is 17.6 Å². The largest absolute Gasteiger partial charge is 0.465 e. The minimum atomic E-state index is -1.17.